The topological polar surface area (TPSA) is 9.23 Å². The molecule has 0 aliphatic rings. The maximum atomic E-state index is 6.60. The summed E-state index contributed by atoms with van der Waals surface area (Å²) in [4.78, 5) is 0. The zero-order valence-electron chi connectivity index (χ0n) is 10.4. The molecule has 0 spiro atoms. The van der Waals surface area contributed by atoms with E-state index in [0.29, 0.717) is 6.61 Å². The van der Waals surface area contributed by atoms with E-state index < -0.39 is 0 Å². The van der Waals surface area contributed by atoms with Crippen molar-refractivity contribution < 1.29 is 4.74 Å². The highest BCUT2D eigenvalue weighted by atomic mass is 127. The van der Waals surface area contributed by atoms with E-state index in [0.717, 1.165) is 21.3 Å². The molecule has 2 aromatic rings. The van der Waals surface area contributed by atoms with Gasteiger partial charge in [0, 0.05) is 8.04 Å². The minimum atomic E-state index is -0.168. The van der Waals surface area contributed by atoms with Crippen molar-refractivity contribution in [1.82, 2.24) is 0 Å². The van der Waals surface area contributed by atoms with Gasteiger partial charge in [-0.05, 0) is 58.8 Å². The molecule has 0 N–H and O–H groups in total. The van der Waals surface area contributed by atoms with Gasteiger partial charge in [0.05, 0.1) is 12.0 Å². The van der Waals surface area contributed by atoms with Crippen LogP contribution in [0, 0.1) is 3.57 Å². The summed E-state index contributed by atoms with van der Waals surface area (Å²) in [6, 6.07) is 14.1. The number of ether oxygens (including phenoxy) is 1. The van der Waals surface area contributed by atoms with E-state index in [9.17, 15) is 0 Å². The Morgan fingerprint density at radius 2 is 1.95 bits per heavy atom. The van der Waals surface area contributed by atoms with Crippen LogP contribution in [0.5, 0.6) is 5.75 Å². The number of hydrogen-bond acceptors (Lipinski definition) is 1. The van der Waals surface area contributed by atoms with E-state index in [-0.39, 0.29) is 5.38 Å². The molecule has 0 fully saturated rings. The summed E-state index contributed by atoms with van der Waals surface area (Å²) >= 11 is 12.5. The Labute approximate surface area is 140 Å². The van der Waals surface area contributed by atoms with Crippen molar-refractivity contribution in [2.75, 3.05) is 6.61 Å². The first-order chi connectivity index (χ1) is 9.13. The molecule has 1 nitrogen and oxygen atoms in total. The second-order valence-electron chi connectivity index (χ2n) is 4.00. The van der Waals surface area contributed by atoms with Crippen LogP contribution < -0.4 is 4.74 Å². The van der Waals surface area contributed by atoms with Gasteiger partial charge < -0.3 is 4.74 Å². The molecule has 2 rings (SSSR count). The van der Waals surface area contributed by atoms with Crippen LogP contribution in [-0.4, -0.2) is 6.61 Å². The molecule has 19 heavy (non-hydrogen) atoms. The van der Waals surface area contributed by atoms with Crippen LogP contribution >= 0.6 is 50.1 Å². The van der Waals surface area contributed by atoms with Crippen LogP contribution in [-0.2, 0) is 0 Å². The quantitative estimate of drug-likeness (QED) is 0.423. The van der Waals surface area contributed by atoms with Gasteiger partial charge in [-0.15, -0.1) is 11.6 Å². The van der Waals surface area contributed by atoms with Crippen molar-refractivity contribution in [2.24, 2.45) is 0 Å². The summed E-state index contributed by atoms with van der Waals surface area (Å²) in [5.74, 6) is 0.852. The highest BCUT2D eigenvalue weighted by Crippen LogP contribution is 2.37. The normalized spacial score (nSPS) is 12.2. The molecule has 0 saturated heterocycles. The number of hydrogen-bond donors (Lipinski definition) is 0. The highest BCUT2D eigenvalue weighted by molar-refractivity contribution is 14.1. The summed E-state index contributed by atoms with van der Waals surface area (Å²) in [6.07, 6.45) is 0. The highest BCUT2D eigenvalue weighted by Gasteiger charge is 2.16. The van der Waals surface area contributed by atoms with Gasteiger partial charge in [-0.2, -0.15) is 0 Å². The van der Waals surface area contributed by atoms with Gasteiger partial charge in [-0.25, -0.2) is 0 Å². The zero-order chi connectivity index (χ0) is 13.8. The van der Waals surface area contributed by atoms with Crippen molar-refractivity contribution in [2.45, 2.75) is 12.3 Å². The number of alkyl halides is 1. The van der Waals surface area contributed by atoms with Crippen molar-refractivity contribution in [1.29, 1.82) is 0 Å². The lowest BCUT2D eigenvalue weighted by Crippen LogP contribution is -1.98. The van der Waals surface area contributed by atoms with Crippen LogP contribution in [0.15, 0.2) is 46.9 Å². The third kappa shape index (κ3) is 3.64. The molecule has 100 valence electrons. The largest absolute Gasteiger partial charge is 0.494 e. The smallest absolute Gasteiger partial charge is 0.120 e. The van der Waals surface area contributed by atoms with E-state index in [2.05, 4.69) is 50.7 Å². The SMILES string of the molecule is CCOc1ccc(C(Cl)c2ccccc2I)c(Br)c1. The Balaban J connectivity index is 2.34. The van der Waals surface area contributed by atoms with Gasteiger partial charge in [0.2, 0.25) is 0 Å². The van der Waals surface area contributed by atoms with E-state index >= 15 is 0 Å². The van der Waals surface area contributed by atoms with Crippen molar-refractivity contribution in [3.05, 3.63) is 61.6 Å². The van der Waals surface area contributed by atoms with Crippen LogP contribution in [0.4, 0.5) is 0 Å². The Morgan fingerprint density at radius 3 is 2.58 bits per heavy atom. The summed E-state index contributed by atoms with van der Waals surface area (Å²) in [6.45, 7) is 2.63. The molecule has 0 amide bonds. The van der Waals surface area contributed by atoms with Gasteiger partial charge in [0.25, 0.3) is 0 Å². The summed E-state index contributed by atoms with van der Waals surface area (Å²) in [7, 11) is 0. The fourth-order valence-corrected chi connectivity index (χ4v) is 3.80. The molecule has 0 saturated carbocycles. The Kier molecular flexibility index (Phi) is 5.54. The second kappa shape index (κ2) is 6.95. The molecule has 2 aromatic carbocycles. The molecular weight excluding hydrogens is 438 g/mol. The predicted molar refractivity (Wildman–Crippen MR) is 92.2 cm³/mol. The third-order valence-corrected chi connectivity index (χ3v) is 4.87. The van der Waals surface area contributed by atoms with Gasteiger partial charge in [0.1, 0.15) is 5.75 Å². The number of benzene rings is 2. The number of rotatable bonds is 4. The molecule has 0 bridgehead atoms. The van der Waals surface area contributed by atoms with Crippen LogP contribution in [0.2, 0.25) is 0 Å². The number of halogens is 3. The molecule has 0 radical (unpaired) electrons. The van der Waals surface area contributed by atoms with Gasteiger partial charge in [-0.3, -0.25) is 0 Å². The van der Waals surface area contributed by atoms with Gasteiger partial charge in [0.15, 0.2) is 0 Å². The minimum absolute atomic E-state index is 0.168. The van der Waals surface area contributed by atoms with Crippen molar-refractivity contribution >= 4 is 50.1 Å². The standard InChI is InChI=1S/C15H13BrClIO/c1-2-19-10-7-8-11(13(16)9-10)15(17)12-5-3-4-6-14(12)18/h3-9,15H,2H2,1H3. The first-order valence-electron chi connectivity index (χ1n) is 5.94. The molecule has 4 heteroatoms. The summed E-state index contributed by atoms with van der Waals surface area (Å²) in [5.41, 5.74) is 2.17. The lowest BCUT2D eigenvalue weighted by atomic mass is 10.0. The van der Waals surface area contributed by atoms with E-state index in [4.69, 9.17) is 16.3 Å². The van der Waals surface area contributed by atoms with E-state index in [1.54, 1.807) is 0 Å². The molecular formula is C15H13BrClIO. The Bertz CT molecular complexity index is 574. The van der Waals surface area contributed by atoms with Crippen LogP contribution in [0.1, 0.15) is 23.4 Å². The molecule has 1 atom stereocenters. The zero-order valence-corrected chi connectivity index (χ0v) is 14.9. The predicted octanol–water partition coefficient (Wildman–Crippen LogP) is 5.78. The molecule has 0 aliphatic carbocycles. The maximum absolute atomic E-state index is 6.60. The van der Waals surface area contributed by atoms with E-state index in [1.165, 1.54) is 3.57 Å². The maximum Gasteiger partial charge on any atom is 0.120 e. The van der Waals surface area contributed by atoms with Gasteiger partial charge in [-0.1, -0.05) is 40.2 Å². The average Bonchev–Trinajstić information content (AvgIpc) is 2.39. The fraction of sp³-hybridized carbons (Fsp3) is 0.200. The fourth-order valence-electron chi connectivity index (χ4n) is 1.82. The third-order valence-electron chi connectivity index (χ3n) is 2.73. The monoisotopic (exact) mass is 450 g/mol. The van der Waals surface area contributed by atoms with Crippen LogP contribution in [0.3, 0.4) is 0 Å². The Morgan fingerprint density at radius 1 is 1.21 bits per heavy atom. The lowest BCUT2D eigenvalue weighted by Gasteiger charge is -2.15. The lowest BCUT2D eigenvalue weighted by molar-refractivity contribution is 0.340. The van der Waals surface area contributed by atoms with E-state index in [1.807, 2.05) is 37.3 Å². The molecule has 0 aromatic heterocycles. The Hall–Kier alpha value is -0.260. The molecule has 1 unspecified atom stereocenters. The summed E-state index contributed by atoms with van der Waals surface area (Å²) < 4.78 is 7.61. The average molecular weight is 452 g/mol. The molecule has 0 aliphatic heterocycles. The second-order valence-corrected chi connectivity index (χ2v) is 6.45. The van der Waals surface area contributed by atoms with Gasteiger partial charge >= 0.3 is 0 Å². The first-order valence-corrected chi connectivity index (χ1v) is 8.25. The van der Waals surface area contributed by atoms with Crippen LogP contribution in [0.25, 0.3) is 0 Å². The summed E-state index contributed by atoms with van der Waals surface area (Å²) in [5, 5.41) is -0.168. The first kappa shape index (κ1) is 15.1. The van der Waals surface area contributed by atoms with Crippen molar-refractivity contribution in [3.63, 3.8) is 0 Å². The minimum Gasteiger partial charge on any atom is -0.494 e. The van der Waals surface area contributed by atoms with Crippen molar-refractivity contribution in [3.8, 4) is 5.75 Å². The molecule has 0 heterocycles.